The van der Waals surface area contributed by atoms with E-state index < -0.39 is 28.0 Å². The maximum absolute atomic E-state index is 13.5. The fraction of sp³-hybridized carbons (Fsp3) is 0.417. The number of benzene rings is 2. The van der Waals surface area contributed by atoms with Gasteiger partial charge in [-0.15, -0.1) is 0 Å². The molecule has 9 heteroatoms. The van der Waals surface area contributed by atoms with Crippen LogP contribution in [0.3, 0.4) is 0 Å². The summed E-state index contributed by atoms with van der Waals surface area (Å²) in [5.41, 5.74) is -0.928. The van der Waals surface area contributed by atoms with Crippen LogP contribution in [0.2, 0.25) is 0 Å². The zero-order chi connectivity index (χ0) is 23.5. The van der Waals surface area contributed by atoms with Crippen LogP contribution >= 0.6 is 0 Å². The topological polar surface area (TPSA) is 99.0 Å². The number of nitro benzene ring substituents is 1. The number of halogens is 1. The van der Waals surface area contributed by atoms with E-state index in [0.717, 1.165) is 4.90 Å². The number of amides is 2. The Labute approximate surface area is 189 Å². The van der Waals surface area contributed by atoms with Gasteiger partial charge < -0.3 is 9.47 Å². The second-order valence-electron chi connectivity index (χ2n) is 9.23. The largest absolute Gasteiger partial charge is 0.493 e. The minimum absolute atomic E-state index is 0.0668. The Bertz CT molecular complexity index is 1170. The van der Waals surface area contributed by atoms with E-state index in [2.05, 4.69) is 0 Å². The van der Waals surface area contributed by atoms with Crippen LogP contribution < -0.4 is 9.64 Å². The molecule has 3 saturated heterocycles. The molecule has 5 rings (SSSR count). The van der Waals surface area contributed by atoms with E-state index in [1.807, 2.05) is 6.92 Å². The van der Waals surface area contributed by atoms with Crippen LogP contribution in [0.5, 0.6) is 5.75 Å². The summed E-state index contributed by atoms with van der Waals surface area (Å²) in [7, 11) is 0. The molecule has 3 heterocycles. The fourth-order valence-corrected chi connectivity index (χ4v) is 5.72. The second kappa shape index (κ2) is 7.34. The maximum atomic E-state index is 13.5. The number of ether oxygens (including phenoxy) is 2. The molecule has 2 aromatic carbocycles. The van der Waals surface area contributed by atoms with Gasteiger partial charge in [0, 0.05) is 18.1 Å². The van der Waals surface area contributed by atoms with Crippen molar-refractivity contribution in [3.8, 4) is 5.75 Å². The quantitative estimate of drug-likeness (QED) is 0.373. The summed E-state index contributed by atoms with van der Waals surface area (Å²) in [4.78, 5) is 38.8. The summed E-state index contributed by atoms with van der Waals surface area (Å²) < 4.78 is 25.3. The number of anilines is 1. The van der Waals surface area contributed by atoms with Crippen LogP contribution in [0.25, 0.3) is 0 Å². The lowest BCUT2D eigenvalue weighted by Gasteiger charge is -2.31. The Morgan fingerprint density at radius 3 is 2.52 bits per heavy atom. The molecule has 0 unspecified atom stereocenters. The molecule has 172 valence electrons. The molecule has 2 aromatic rings. The molecule has 2 bridgehead atoms. The van der Waals surface area contributed by atoms with Crippen LogP contribution in [-0.4, -0.2) is 34.5 Å². The molecule has 8 nitrogen and oxygen atoms in total. The summed E-state index contributed by atoms with van der Waals surface area (Å²) >= 11 is 0. The fourth-order valence-electron chi connectivity index (χ4n) is 5.72. The molecule has 0 radical (unpaired) electrons. The van der Waals surface area contributed by atoms with Gasteiger partial charge in [-0.2, -0.15) is 0 Å². The molecule has 3 aliphatic rings. The van der Waals surface area contributed by atoms with Gasteiger partial charge in [-0.25, -0.2) is 9.29 Å². The third kappa shape index (κ3) is 3.21. The van der Waals surface area contributed by atoms with Crippen molar-refractivity contribution in [2.45, 2.75) is 44.3 Å². The number of fused-ring (bicyclic) bond motifs is 5. The lowest BCUT2D eigenvalue weighted by molar-refractivity contribution is -0.385. The van der Waals surface area contributed by atoms with Gasteiger partial charge in [0.25, 0.3) is 5.69 Å². The number of aryl methyl sites for hydroxylation is 1. The number of carbonyl (C=O) groups is 2. The Morgan fingerprint density at radius 2 is 1.85 bits per heavy atom. The first-order chi connectivity index (χ1) is 15.7. The predicted molar refractivity (Wildman–Crippen MR) is 115 cm³/mol. The zero-order valence-electron chi connectivity index (χ0n) is 18.2. The summed E-state index contributed by atoms with van der Waals surface area (Å²) in [5.74, 6) is -1.77. The summed E-state index contributed by atoms with van der Waals surface area (Å²) in [6, 6.07) is 9.96. The molecular formula is C24H23FN2O6. The number of hydrogen-bond donors (Lipinski definition) is 0. The summed E-state index contributed by atoms with van der Waals surface area (Å²) in [6.07, 6.45) is 1.69. The van der Waals surface area contributed by atoms with Gasteiger partial charge in [-0.3, -0.25) is 19.7 Å². The molecule has 0 saturated carbocycles. The van der Waals surface area contributed by atoms with Crippen molar-refractivity contribution >= 4 is 23.2 Å². The molecule has 0 aliphatic carbocycles. The standard InChI is InChI=1S/C24H23FN2O6/c1-14-13-16(5-8-18(14)27(30)31)26-21(28)19-20(22(26)29)24(10-9-23(19,2)33-24)11-12-32-17-6-3-15(25)4-7-17/h3-8,13,19-20H,9-12H2,1-2H3/t19-,20+,23-,24-/m1/s1. The maximum Gasteiger partial charge on any atom is 0.272 e. The Morgan fingerprint density at radius 1 is 1.15 bits per heavy atom. The summed E-state index contributed by atoms with van der Waals surface area (Å²) in [6.45, 7) is 3.70. The molecular weight excluding hydrogens is 431 g/mol. The van der Waals surface area contributed by atoms with Crippen LogP contribution in [-0.2, 0) is 14.3 Å². The Hall–Kier alpha value is -3.33. The Balaban J connectivity index is 1.40. The number of hydrogen-bond acceptors (Lipinski definition) is 6. The summed E-state index contributed by atoms with van der Waals surface area (Å²) in [5, 5.41) is 11.2. The molecule has 4 atom stereocenters. The number of nitro groups is 1. The first kappa shape index (κ1) is 21.5. The minimum Gasteiger partial charge on any atom is -0.493 e. The smallest absolute Gasteiger partial charge is 0.272 e. The third-order valence-electron chi connectivity index (χ3n) is 7.25. The second-order valence-corrected chi connectivity index (χ2v) is 9.23. The van der Waals surface area contributed by atoms with Crippen molar-refractivity contribution in [1.82, 2.24) is 0 Å². The monoisotopic (exact) mass is 454 g/mol. The third-order valence-corrected chi connectivity index (χ3v) is 7.25. The van der Waals surface area contributed by atoms with Crippen LogP contribution in [0.4, 0.5) is 15.8 Å². The van der Waals surface area contributed by atoms with Gasteiger partial charge in [-0.05, 0) is 63.1 Å². The van der Waals surface area contributed by atoms with Crippen molar-refractivity contribution in [2.75, 3.05) is 11.5 Å². The molecule has 33 heavy (non-hydrogen) atoms. The number of carbonyl (C=O) groups excluding carboxylic acids is 2. The van der Waals surface area contributed by atoms with Gasteiger partial charge in [0.2, 0.25) is 11.8 Å². The first-order valence-electron chi connectivity index (χ1n) is 10.9. The van der Waals surface area contributed by atoms with Crippen molar-refractivity contribution in [2.24, 2.45) is 11.8 Å². The van der Waals surface area contributed by atoms with Crippen LogP contribution in [0.1, 0.15) is 31.7 Å². The highest BCUT2D eigenvalue weighted by molar-refractivity contribution is 6.23. The number of rotatable bonds is 6. The number of imide groups is 1. The average molecular weight is 454 g/mol. The van der Waals surface area contributed by atoms with Crippen molar-refractivity contribution < 1.29 is 28.4 Å². The SMILES string of the molecule is Cc1cc(N2C(=O)[C@@H]3[C@H](C2=O)[C@@]2(C)CC[C@]3(CCOc3ccc(F)cc3)O2)ccc1[N+](=O)[O-]. The molecule has 2 amide bonds. The van der Waals surface area contributed by atoms with Gasteiger partial charge >= 0.3 is 0 Å². The molecule has 0 aromatic heterocycles. The molecule has 0 N–H and O–H groups in total. The lowest BCUT2D eigenvalue weighted by Crippen LogP contribution is -2.43. The van der Waals surface area contributed by atoms with Crippen molar-refractivity contribution in [3.05, 3.63) is 64.0 Å². The average Bonchev–Trinajstić information content (AvgIpc) is 3.34. The predicted octanol–water partition coefficient (Wildman–Crippen LogP) is 3.94. The van der Waals surface area contributed by atoms with Crippen molar-refractivity contribution in [3.63, 3.8) is 0 Å². The number of nitrogens with zero attached hydrogens (tertiary/aromatic N) is 2. The molecule has 3 aliphatic heterocycles. The normalized spacial score (nSPS) is 30.1. The van der Waals surface area contributed by atoms with E-state index in [1.165, 1.54) is 42.5 Å². The first-order valence-corrected chi connectivity index (χ1v) is 10.9. The molecule has 3 fully saturated rings. The van der Waals surface area contributed by atoms with Gasteiger partial charge in [-0.1, -0.05) is 0 Å². The zero-order valence-corrected chi connectivity index (χ0v) is 18.2. The highest BCUT2D eigenvalue weighted by Gasteiger charge is 2.73. The van der Waals surface area contributed by atoms with Gasteiger partial charge in [0.1, 0.15) is 11.6 Å². The van der Waals surface area contributed by atoms with Gasteiger partial charge in [0.15, 0.2) is 0 Å². The van der Waals surface area contributed by atoms with E-state index in [0.29, 0.717) is 36.3 Å². The van der Waals surface area contributed by atoms with Gasteiger partial charge in [0.05, 0.1) is 40.3 Å². The van der Waals surface area contributed by atoms with E-state index in [1.54, 1.807) is 6.92 Å². The lowest BCUT2D eigenvalue weighted by atomic mass is 9.67. The minimum atomic E-state index is -0.823. The van der Waals surface area contributed by atoms with Crippen molar-refractivity contribution in [1.29, 1.82) is 0 Å². The van der Waals surface area contributed by atoms with E-state index in [9.17, 15) is 24.1 Å². The van der Waals surface area contributed by atoms with Crippen LogP contribution in [0, 0.1) is 34.7 Å². The molecule has 0 spiro atoms. The Kier molecular flexibility index (Phi) is 4.79. The van der Waals surface area contributed by atoms with Crippen LogP contribution in [0.15, 0.2) is 42.5 Å². The van der Waals surface area contributed by atoms with E-state index in [4.69, 9.17) is 9.47 Å². The van der Waals surface area contributed by atoms with E-state index in [-0.39, 0.29) is 29.9 Å². The highest BCUT2D eigenvalue weighted by Crippen LogP contribution is 2.62. The highest BCUT2D eigenvalue weighted by atomic mass is 19.1. The van der Waals surface area contributed by atoms with E-state index >= 15 is 0 Å².